The lowest BCUT2D eigenvalue weighted by atomic mass is 10.0. The van der Waals surface area contributed by atoms with Gasteiger partial charge in [-0.25, -0.2) is 0 Å². The average Bonchev–Trinajstić information content (AvgIpc) is 2.68. The fourth-order valence-corrected chi connectivity index (χ4v) is 2.37. The summed E-state index contributed by atoms with van der Waals surface area (Å²) in [6, 6.07) is 6.40. The summed E-state index contributed by atoms with van der Waals surface area (Å²) in [5.41, 5.74) is 7.99. The van der Waals surface area contributed by atoms with E-state index in [2.05, 4.69) is 43.1 Å². The number of hydrogen-bond donors (Lipinski definition) is 2. The second-order valence-corrected chi connectivity index (χ2v) is 5.98. The van der Waals surface area contributed by atoms with Gasteiger partial charge in [-0.05, 0) is 38.6 Å². The highest BCUT2D eigenvalue weighted by Gasteiger charge is 2.15. The second kappa shape index (κ2) is 6.13. The van der Waals surface area contributed by atoms with Crippen molar-refractivity contribution in [3.05, 3.63) is 18.2 Å². The Bertz CT molecular complexity index is 552. The number of nitrogens with two attached hydrogens (primary N) is 1. The zero-order valence-electron chi connectivity index (χ0n) is 12.7. The summed E-state index contributed by atoms with van der Waals surface area (Å²) in [5.74, 6) is 0.618. The molecule has 2 rings (SSSR count). The van der Waals surface area contributed by atoms with Crippen LogP contribution in [0.3, 0.4) is 0 Å². The summed E-state index contributed by atoms with van der Waals surface area (Å²) in [4.78, 5) is 6.62. The summed E-state index contributed by atoms with van der Waals surface area (Å²) >= 11 is 0. The average molecular weight is 276 g/mol. The Hall–Kier alpha value is -1.75. The fourth-order valence-electron chi connectivity index (χ4n) is 2.37. The molecule has 0 aliphatic rings. The van der Waals surface area contributed by atoms with Crippen molar-refractivity contribution in [1.29, 1.82) is 0 Å². The van der Waals surface area contributed by atoms with Gasteiger partial charge in [0.1, 0.15) is 5.52 Å². The van der Waals surface area contributed by atoms with Crippen LogP contribution in [-0.4, -0.2) is 36.6 Å². The maximum atomic E-state index is 5.75. The van der Waals surface area contributed by atoms with E-state index < -0.39 is 0 Å². The van der Waals surface area contributed by atoms with E-state index in [9.17, 15) is 0 Å². The number of benzene rings is 1. The van der Waals surface area contributed by atoms with E-state index >= 15 is 0 Å². The smallest absolute Gasteiger partial charge is 0.295 e. The standard InChI is InChI=1S/C15H24N4O/c1-10(2)7-12(9-19(3)4)17-15-18-13-6-5-11(16)8-14(13)20-15/h5-6,8,10,12H,7,9,16H2,1-4H3,(H,17,18). The molecular weight excluding hydrogens is 252 g/mol. The molecule has 0 spiro atoms. The minimum absolute atomic E-state index is 0.315. The molecule has 1 aromatic carbocycles. The van der Waals surface area contributed by atoms with Crippen LogP contribution in [0.4, 0.5) is 11.7 Å². The molecule has 0 aliphatic heterocycles. The van der Waals surface area contributed by atoms with Gasteiger partial charge in [-0.2, -0.15) is 4.98 Å². The Balaban J connectivity index is 2.14. The van der Waals surface area contributed by atoms with Crippen LogP contribution in [-0.2, 0) is 0 Å². The predicted octanol–water partition coefficient (Wildman–Crippen LogP) is 2.80. The molecule has 5 nitrogen and oxygen atoms in total. The number of nitrogens with zero attached hydrogens (tertiary/aromatic N) is 2. The molecule has 1 unspecified atom stereocenters. The first-order chi connectivity index (χ1) is 9.44. The molecule has 0 saturated heterocycles. The summed E-state index contributed by atoms with van der Waals surface area (Å²) in [7, 11) is 4.14. The third kappa shape index (κ3) is 3.87. The van der Waals surface area contributed by atoms with Crippen molar-refractivity contribution < 1.29 is 4.42 Å². The molecule has 0 bridgehead atoms. The number of aromatic nitrogens is 1. The third-order valence-corrected chi connectivity index (χ3v) is 3.08. The first-order valence-corrected chi connectivity index (χ1v) is 7.01. The Morgan fingerprint density at radius 1 is 1.35 bits per heavy atom. The van der Waals surface area contributed by atoms with Crippen LogP contribution >= 0.6 is 0 Å². The number of likely N-dealkylation sites (N-methyl/N-ethyl adjacent to an activating group) is 1. The van der Waals surface area contributed by atoms with Crippen molar-refractivity contribution in [2.45, 2.75) is 26.3 Å². The molecule has 110 valence electrons. The van der Waals surface area contributed by atoms with Gasteiger partial charge < -0.3 is 20.4 Å². The van der Waals surface area contributed by atoms with E-state index in [-0.39, 0.29) is 0 Å². The first kappa shape index (κ1) is 14.7. The molecule has 1 heterocycles. The van der Waals surface area contributed by atoms with Gasteiger partial charge >= 0.3 is 0 Å². The molecule has 1 aromatic heterocycles. The topological polar surface area (TPSA) is 67.3 Å². The highest BCUT2D eigenvalue weighted by molar-refractivity contribution is 5.78. The second-order valence-electron chi connectivity index (χ2n) is 5.98. The molecule has 0 amide bonds. The third-order valence-electron chi connectivity index (χ3n) is 3.08. The highest BCUT2D eigenvalue weighted by Crippen LogP contribution is 2.22. The molecule has 5 heteroatoms. The molecule has 0 saturated carbocycles. The number of nitrogen functional groups attached to an aromatic ring is 1. The molecule has 3 N–H and O–H groups in total. The van der Waals surface area contributed by atoms with Crippen molar-refractivity contribution in [3.63, 3.8) is 0 Å². The van der Waals surface area contributed by atoms with E-state index in [0.717, 1.165) is 24.1 Å². The lowest BCUT2D eigenvalue weighted by Gasteiger charge is -2.23. The van der Waals surface area contributed by atoms with E-state index in [1.807, 2.05) is 12.1 Å². The lowest BCUT2D eigenvalue weighted by molar-refractivity contribution is 0.352. The van der Waals surface area contributed by atoms with Crippen LogP contribution in [0, 0.1) is 5.92 Å². The van der Waals surface area contributed by atoms with Crippen LogP contribution < -0.4 is 11.1 Å². The van der Waals surface area contributed by atoms with Gasteiger partial charge in [0, 0.05) is 24.3 Å². The van der Waals surface area contributed by atoms with Crippen molar-refractivity contribution in [2.75, 3.05) is 31.7 Å². The summed E-state index contributed by atoms with van der Waals surface area (Å²) in [6.45, 7) is 5.38. The first-order valence-electron chi connectivity index (χ1n) is 7.01. The van der Waals surface area contributed by atoms with Gasteiger partial charge in [-0.3, -0.25) is 0 Å². The molecule has 0 aliphatic carbocycles. The van der Waals surface area contributed by atoms with Crippen LogP contribution in [0.15, 0.2) is 22.6 Å². The predicted molar refractivity (Wildman–Crippen MR) is 83.8 cm³/mol. The Kier molecular flexibility index (Phi) is 4.49. The maximum absolute atomic E-state index is 5.75. The molecule has 1 atom stereocenters. The Morgan fingerprint density at radius 3 is 2.75 bits per heavy atom. The maximum Gasteiger partial charge on any atom is 0.295 e. The highest BCUT2D eigenvalue weighted by atomic mass is 16.4. The van der Waals surface area contributed by atoms with Gasteiger partial charge in [-0.15, -0.1) is 0 Å². The van der Waals surface area contributed by atoms with E-state index in [0.29, 0.717) is 23.7 Å². The van der Waals surface area contributed by atoms with Gasteiger partial charge in [0.05, 0.1) is 0 Å². The van der Waals surface area contributed by atoms with Crippen LogP contribution in [0.1, 0.15) is 20.3 Å². The fraction of sp³-hybridized carbons (Fsp3) is 0.533. The molecule has 20 heavy (non-hydrogen) atoms. The zero-order chi connectivity index (χ0) is 14.7. The van der Waals surface area contributed by atoms with E-state index in [4.69, 9.17) is 10.2 Å². The van der Waals surface area contributed by atoms with Crippen molar-refractivity contribution in [3.8, 4) is 0 Å². The quantitative estimate of drug-likeness (QED) is 0.794. The lowest BCUT2D eigenvalue weighted by Crippen LogP contribution is -2.33. The molecule has 0 fully saturated rings. The van der Waals surface area contributed by atoms with Crippen molar-refractivity contribution in [1.82, 2.24) is 9.88 Å². The Labute approximate surface area is 120 Å². The van der Waals surface area contributed by atoms with Gasteiger partial charge in [0.15, 0.2) is 5.58 Å². The van der Waals surface area contributed by atoms with E-state index in [1.54, 1.807) is 6.07 Å². The summed E-state index contributed by atoms with van der Waals surface area (Å²) < 4.78 is 5.72. The number of anilines is 2. The van der Waals surface area contributed by atoms with E-state index in [1.165, 1.54) is 0 Å². The number of oxazole rings is 1. The van der Waals surface area contributed by atoms with Gasteiger partial charge in [-0.1, -0.05) is 13.8 Å². The minimum Gasteiger partial charge on any atom is -0.423 e. The Morgan fingerprint density at radius 2 is 2.10 bits per heavy atom. The van der Waals surface area contributed by atoms with Gasteiger partial charge in [0.25, 0.3) is 6.01 Å². The number of fused-ring (bicyclic) bond motifs is 1. The summed E-state index contributed by atoms with van der Waals surface area (Å²) in [5, 5.41) is 3.39. The largest absolute Gasteiger partial charge is 0.423 e. The summed E-state index contributed by atoms with van der Waals surface area (Å²) in [6.07, 6.45) is 1.07. The monoisotopic (exact) mass is 276 g/mol. The number of nitrogens with one attached hydrogen (secondary N) is 1. The zero-order valence-corrected chi connectivity index (χ0v) is 12.7. The molecule has 2 aromatic rings. The molecule has 0 radical (unpaired) electrons. The van der Waals surface area contributed by atoms with Crippen LogP contribution in [0.5, 0.6) is 0 Å². The number of rotatable bonds is 6. The number of hydrogen-bond acceptors (Lipinski definition) is 5. The minimum atomic E-state index is 0.315. The van der Waals surface area contributed by atoms with Gasteiger partial charge in [0.2, 0.25) is 0 Å². The SMILES string of the molecule is CC(C)CC(CN(C)C)Nc1nc2ccc(N)cc2o1. The van der Waals surface area contributed by atoms with Crippen molar-refractivity contribution >= 4 is 22.8 Å². The van der Waals surface area contributed by atoms with Crippen LogP contribution in [0.2, 0.25) is 0 Å². The molecular formula is C15H24N4O. The van der Waals surface area contributed by atoms with Crippen molar-refractivity contribution in [2.24, 2.45) is 5.92 Å². The normalized spacial score (nSPS) is 13.3. The van der Waals surface area contributed by atoms with Crippen LogP contribution in [0.25, 0.3) is 11.1 Å².